The van der Waals surface area contributed by atoms with Gasteiger partial charge < -0.3 is 11.1 Å². The lowest BCUT2D eigenvalue weighted by molar-refractivity contribution is -0.116. The number of benzene rings is 1. The lowest BCUT2D eigenvalue weighted by Crippen LogP contribution is -2.28. The van der Waals surface area contributed by atoms with Crippen molar-refractivity contribution < 1.29 is 17.6 Å². The molecule has 0 saturated carbocycles. The first-order chi connectivity index (χ1) is 11.3. The highest BCUT2D eigenvalue weighted by atomic mass is 79.9. The average Bonchev–Trinajstić information content (AvgIpc) is 2.51. The summed E-state index contributed by atoms with van der Waals surface area (Å²) in [7, 11) is -3.91. The predicted octanol–water partition coefficient (Wildman–Crippen LogP) is 1.87. The minimum absolute atomic E-state index is 0.0331. The van der Waals surface area contributed by atoms with Crippen LogP contribution in [0.15, 0.2) is 45.9 Å². The fourth-order valence-electron chi connectivity index (χ4n) is 1.80. The van der Waals surface area contributed by atoms with Gasteiger partial charge in [-0.2, -0.15) is 0 Å². The van der Waals surface area contributed by atoms with Gasteiger partial charge in [-0.25, -0.2) is 22.5 Å². The molecule has 10 heteroatoms. The number of carbonyl (C=O) groups excluding carboxylic acids is 1. The summed E-state index contributed by atoms with van der Waals surface area (Å²) in [6.45, 7) is -0.172. The van der Waals surface area contributed by atoms with Crippen molar-refractivity contribution in [2.75, 3.05) is 17.6 Å². The van der Waals surface area contributed by atoms with Crippen molar-refractivity contribution in [1.29, 1.82) is 0 Å². The Balaban J connectivity index is 1.94. The largest absolute Gasteiger partial charge is 0.383 e. The molecule has 1 heterocycles. The lowest BCUT2D eigenvalue weighted by Gasteiger charge is -2.09. The number of nitrogens with two attached hydrogens (primary N) is 1. The van der Waals surface area contributed by atoms with Crippen LogP contribution in [-0.4, -0.2) is 25.9 Å². The van der Waals surface area contributed by atoms with Crippen molar-refractivity contribution in [3.05, 3.63) is 46.8 Å². The van der Waals surface area contributed by atoms with Crippen molar-refractivity contribution >= 4 is 43.4 Å². The molecule has 0 aliphatic rings. The van der Waals surface area contributed by atoms with E-state index >= 15 is 0 Å². The zero-order valence-electron chi connectivity index (χ0n) is 12.3. The number of amides is 1. The number of para-hydroxylation sites is 1. The molecule has 24 heavy (non-hydrogen) atoms. The Morgan fingerprint density at radius 3 is 2.75 bits per heavy atom. The molecule has 0 bridgehead atoms. The fraction of sp³-hybridized carbons (Fsp3) is 0.143. The van der Waals surface area contributed by atoms with E-state index in [0.717, 1.165) is 0 Å². The van der Waals surface area contributed by atoms with Gasteiger partial charge in [-0.3, -0.25) is 4.79 Å². The Hall–Kier alpha value is -2.04. The summed E-state index contributed by atoms with van der Waals surface area (Å²) in [5.74, 6) is -1.25. The molecule has 0 unspecified atom stereocenters. The van der Waals surface area contributed by atoms with Crippen LogP contribution < -0.4 is 15.8 Å². The Kier molecular flexibility index (Phi) is 5.86. The van der Waals surface area contributed by atoms with Crippen molar-refractivity contribution in [3.8, 4) is 0 Å². The van der Waals surface area contributed by atoms with Gasteiger partial charge >= 0.3 is 0 Å². The second-order valence-electron chi connectivity index (χ2n) is 4.71. The number of halogens is 2. The molecule has 0 aliphatic heterocycles. The van der Waals surface area contributed by atoms with Gasteiger partial charge in [0.1, 0.15) is 16.5 Å². The SMILES string of the molecule is Nc1ncc(Br)cc1S(=O)(=O)NCCC(=O)Nc1ccccc1F. The molecule has 0 spiro atoms. The number of hydrogen-bond donors (Lipinski definition) is 3. The van der Waals surface area contributed by atoms with E-state index < -0.39 is 21.7 Å². The number of rotatable bonds is 6. The van der Waals surface area contributed by atoms with Crippen LogP contribution in [0.1, 0.15) is 6.42 Å². The van der Waals surface area contributed by atoms with E-state index in [0.29, 0.717) is 4.47 Å². The molecule has 1 aromatic carbocycles. The van der Waals surface area contributed by atoms with Gasteiger partial charge in [-0.15, -0.1) is 0 Å². The topological polar surface area (TPSA) is 114 Å². The maximum absolute atomic E-state index is 13.4. The standard InChI is InChI=1S/C14H14BrFN4O3S/c15-9-7-12(14(17)18-8-9)24(22,23)19-6-5-13(21)20-11-4-2-1-3-10(11)16/h1-4,7-8,19H,5-6H2,(H2,17,18)(H,20,21). The number of carbonyl (C=O) groups is 1. The second kappa shape index (κ2) is 7.69. The first-order valence-electron chi connectivity index (χ1n) is 6.74. The molecule has 0 radical (unpaired) electrons. The zero-order chi connectivity index (χ0) is 17.7. The molecule has 128 valence electrons. The van der Waals surface area contributed by atoms with Crippen LogP contribution >= 0.6 is 15.9 Å². The van der Waals surface area contributed by atoms with Crippen LogP contribution in [0.4, 0.5) is 15.9 Å². The van der Waals surface area contributed by atoms with Gasteiger partial charge in [0.2, 0.25) is 15.9 Å². The summed E-state index contributed by atoms with van der Waals surface area (Å²) >= 11 is 3.11. The van der Waals surface area contributed by atoms with Crippen LogP contribution in [0.3, 0.4) is 0 Å². The number of nitrogens with one attached hydrogen (secondary N) is 2. The number of aromatic nitrogens is 1. The smallest absolute Gasteiger partial charge is 0.244 e. The number of nitrogen functional groups attached to an aromatic ring is 1. The molecule has 0 saturated heterocycles. The highest BCUT2D eigenvalue weighted by Gasteiger charge is 2.19. The van der Waals surface area contributed by atoms with Gasteiger partial charge in [-0.1, -0.05) is 12.1 Å². The zero-order valence-corrected chi connectivity index (χ0v) is 14.7. The molecule has 4 N–H and O–H groups in total. The Morgan fingerprint density at radius 1 is 1.33 bits per heavy atom. The van der Waals surface area contributed by atoms with Crippen molar-refractivity contribution in [2.24, 2.45) is 0 Å². The fourth-order valence-corrected chi connectivity index (χ4v) is 3.42. The predicted molar refractivity (Wildman–Crippen MR) is 91.2 cm³/mol. The number of hydrogen-bond acceptors (Lipinski definition) is 5. The molecule has 7 nitrogen and oxygen atoms in total. The number of sulfonamides is 1. The van der Waals surface area contributed by atoms with E-state index in [1.807, 2.05) is 0 Å². The van der Waals surface area contributed by atoms with Gasteiger partial charge in [-0.05, 0) is 34.1 Å². The summed E-state index contributed by atoms with van der Waals surface area (Å²) in [4.78, 5) is 15.3. The third-order valence-electron chi connectivity index (χ3n) is 2.93. The summed E-state index contributed by atoms with van der Waals surface area (Å²) in [5.41, 5.74) is 5.59. The molecule has 0 atom stereocenters. The summed E-state index contributed by atoms with van der Waals surface area (Å²) in [5, 5.41) is 2.36. The first-order valence-corrected chi connectivity index (χ1v) is 9.02. The van der Waals surface area contributed by atoms with Gasteiger partial charge in [0.15, 0.2) is 0 Å². The highest BCUT2D eigenvalue weighted by molar-refractivity contribution is 9.10. The third kappa shape index (κ3) is 4.73. The number of nitrogens with zero attached hydrogens (tertiary/aromatic N) is 1. The average molecular weight is 417 g/mol. The number of pyridine rings is 1. The molecule has 0 fully saturated rings. The molecular weight excluding hydrogens is 403 g/mol. The Bertz CT molecular complexity index is 861. The quantitative estimate of drug-likeness (QED) is 0.664. The summed E-state index contributed by atoms with van der Waals surface area (Å²) in [6.07, 6.45) is 1.20. The third-order valence-corrected chi connectivity index (χ3v) is 4.85. The molecule has 1 amide bonds. The molecule has 2 rings (SSSR count). The minimum Gasteiger partial charge on any atom is -0.383 e. The summed E-state index contributed by atoms with van der Waals surface area (Å²) in [6, 6.07) is 7.00. The van der Waals surface area contributed by atoms with Crippen LogP contribution in [0.2, 0.25) is 0 Å². The van der Waals surface area contributed by atoms with Crippen LogP contribution in [0.25, 0.3) is 0 Å². The first kappa shape index (κ1) is 18.3. The second-order valence-corrected chi connectivity index (χ2v) is 7.36. The monoisotopic (exact) mass is 416 g/mol. The maximum Gasteiger partial charge on any atom is 0.244 e. The van der Waals surface area contributed by atoms with Crippen molar-refractivity contribution in [1.82, 2.24) is 9.71 Å². The van der Waals surface area contributed by atoms with E-state index in [2.05, 4.69) is 31.0 Å². The lowest BCUT2D eigenvalue weighted by atomic mass is 10.3. The van der Waals surface area contributed by atoms with Crippen LogP contribution in [0.5, 0.6) is 0 Å². The van der Waals surface area contributed by atoms with E-state index in [1.165, 1.54) is 30.5 Å². The molecule has 0 aliphatic carbocycles. The van der Waals surface area contributed by atoms with Gasteiger partial charge in [0, 0.05) is 23.6 Å². The van der Waals surface area contributed by atoms with Crippen LogP contribution in [-0.2, 0) is 14.8 Å². The van der Waals surface area contributed by atoms with Crippen molar-refractivity contribution in [3.63, 3.8) is 0 Å². The van der Waals surface area contributed by atoms with E-state index in [1.54, 1.807) is 6.07 Å². The minimum atomic E-state index is -3.91. The highest BCUT2D eigenvalue weighted by Crippen LogP contribution is 2.20. The Labute approximate surface area is 146 Å². The molecular formula is C14H14BrFN4O3S. The van der Waals surface area contributed by atoms with Gasteiger partial charge in [0.05, 0.1) is 5.69 Å². The van der Waals surface area contributed by atoms with Gasteiger partial charge in [0.25, 0.3) is 0 Å². The van der Waals surface area contributed by atoms with E-state index in [4.69, 9.17) is 5.73 Å². The normalized spacial score (nSPS) is 11.2. The van der Waals surface area contributed by atoms with Crippen molar-refractivity contribution in [2.45, 2.75) is 11.3 Å². The Morgan fingerprint density at radius 2 is 2.04 bits per heavy atom. The van der Waals surface area contributed by atoms with E-state index in [9.17, 15) is 17.6 Å². The van der Waals surface area contributed by atoms with Crippen LogP contribution in [0, 0.1) is 5.82 Å². The maximum atomic E-state index is 13.4. The molecule has 1 aromatic heterocycles. The summed E-state index contributed by atoms with van der Waals surface area (Å²) < 4.78 is 40.4. The molecule has 2 aromatic rings. The van der Waals surface area contributed by atoms with E-state index in [-0.39, 0.29) is 29.4 Å². The number of anilines is 2.